The number of benzene rings is 2. The van der Waals surface area contributed by atoms with E-state index in [2.05, 4.69) is 54.6 Å². The zero-order valence-corrected chi connectivity index (χ0v) is 28.7. The Labute approximate surface area is 275 Å². The number of thiophene rings is 1. The molecule has 2 aromatic carbocycles. The van der Waals surface area contributed by atoms with Crippen LogP contribution >= 0.6 is 34.5 Å². The maximum Gasteiger partial charge on any atom is 0.264 e. The van der Waals surface area contributed by atoms with Crippen molar-refractivity contribution >= 4 is 55.5 Å². The normalized spacial score (nSPS) is 19.4. The maximum absolute atomic E-state index is 13.6. The lowest BCUT2D eigenvalue weighted by Gasteiger charge is -2.37. The molecule has 1 unspecified atom stereocenters. The summed E-state index contributed by atoms with van der Waals surface area (Å²) in [5.41, 5.74) is 3.34. The molecule has 1 heterocycles. The smallest absolute Gasteiger partial charge is 0.264 e. The van der Waals surface area contributed by atoms with Gasteiger partial charge in [0.05, 0.1) is 21.5 Å². The zero-order valence-electron chi connectivity index (χ0n) is 25.5. The Balaban J connectivity index is 1.20. The number of hydrogen-bond acceptors (Lipinski definition) is 6. The molecule has 0 aliphatic heterocycles. The number of amides is 1. The number of halogens is 2. The summed E-state index contributed by atoms with van der Waals surface area (Å²) < 4.78 is 34.4. The predicted octanol–water partition coefficient (Wildman–Crippen LogP) is 7.25. The fourth-order valence-corrected chi connectivity index (χ4v) is 9.84. The minimum atomic E-state index is -3.89. The molecule has 44 heavy (non-hydrogen) atoms. The van der Waals surface area contributed by atoms with Gasteiger partial charge in [-0.3, -0.25) is 9.10 Å². The van der Waals surface area contributed by atoms with Gasteiger partial charge in [0.15, 0.2) is 0 Å². The lowest BCUT2D eigenvalue weighted by Crippen LogP contribution is -2.41. The highest BCUT2D eigenvalue weighted by Gasteiger charge is 2.32. The van der Waals surface area contributed by atoms with E-state index in [0.717, 1.165) is 62.5 Å². The summed E-state index contributed by atoms with van der Waals surface area (Å²) in [6.07, 6.45) is 7.87. The van der Waals surface area contributed by atoms with E-state index in [1.54, 1.807) is 7.05 Å². The lowest BCUT2D eigenvalue weighted by molar-refractivity contribution is -0.127. The zero-order chi connectivity index (χ0) is 31.4. The second-order valence-electron chi connectivity index (χ2n) is 12.0. The molecule has 2 aliphatic rings. The Hall–Kier alpha value is -2.14. The van der Waals surface area contributed by atoms with Crippen molar-refractivity contribution < 1.29 is 17.9 Å². The fraction of sp³-hybridized carbons (Fsp3) is 0.485. The highest BCUT2D eigenvalue weighted by Crippen LogP contribution is 2.42. The minimum Gasteiger partial charge on any atom is -0.367 e. The minimum absolute atomic E-state index is 0.0717. The van der Waals surface area contributed by atoms with Gasteiger partial charge in [0.2, 0.25) is 5.91 Å². The average molecular weight is 679 g/mol. The van der Waals surface area contributed by atoms with Crippen LogP contribution in [0.25, 0.3) is 0 Å². The first-order valence-corrected chi connectivity index (χ1v) is 18.2. The fourth-order valence-electron chi connectivity index (χ4n) is 6.66. The van der Waals surface area contributed by atoms with Crippen LogP contribution in [0.15, 0.2) is 53.4 Å². The maximum atomic E-state index is 13.6. The van der Waals surface area contributed by atoms with E-state index in [-0.39, 0.29) is 35.1 Å². The summed E-state index contributed by atoms with van der Waals surface area (Å²) in [6, 6.07) is 15.5. The predicted molar refractivity (Wildman–Crippen MR) is 179 cm³/mol. The molecule has 1 N–H and O–H groups in total. The van der Waals surface area contributed by atoms with Crippen LogP contribution in [0, 0.1) is 5.92 Å². The van der Waals surface area contributed by atoms with Crippen molar-refractivity contribution in [3.8, 4) is 0 Å². The quantitative estimate of drug-likeness (QED) is 0.231. The van der Waals surface area contributed by atoms with Gasteiger partial charge < -0.3 is 15.0 Å². The standard InChI is InChI=1S/C33H41Cl2N3O4S2/c1-37(2)32(22-9-5-4-6-10-22)23-13-15-24(16-14-23)36-31(39)21-42-20-27-26-11-7-8-12-30(26)43-33(27)38(3)44(40,41)25-17-18-28(34)29(35)19-25/h4-6,9-10,17-19,23-24,32H,7-8,11-16,20-21H2,1-3H3,(H,36,39). The van der Waals surface area contributed by atoms with Crippen LogP contribution in [0.1, 0.15) is 66.1 Å². The molecule has 1 saturated carbocycles. The van der Waals surface area contributed by atoms with Gasteiger partial charge in [-0.05, 0) is 101 Å². The highest BCUT2D eigenvalue weighted by atomic mass is 35.5. The molecule has 0 radical (unpaired) electrons. The number of sulfonamides is 1. The molecule has 1 fully saturated rings. The first-order chi connectivity index (χ1) is 21.1. The average Bonchev–Trinajstić information content (AvgIpc) is 3.37. The number of aryl methyl sites for hydroxylation is 1. The van der Waals surface area contributed by atoms with Crippen molar-refractivity contribution in [2.45, 2.75) is 75.0 Å². The second-order valence-corrected chi connectivity index (χ2v) is 15.9. The van der Waals surface area contributed by atoms with Gasteiger partial charge >= 0.3 is 0 Å². The summed E-state index contributed by atoms with van der Waals surface area (Å²) >= 11 is 13.7. The molecule has 1 amide bonds. The molecule has 7 nitrogen and oxygen atoms in total. The Morgan fingerprint density at radius 3 is 2.39 bits per heavy atom. The molecule has 0 spiro atoms. The number of fused-ring (bicyclic) bond motifs is 1. The molecule has 1 aromatic heterocycles. The Morgan fingerprint density at radius 2 is 1.70 bits per heavy atom. The molecule has 11 heteroatoms. The van der Waals surface area contributed by atoms with Gasteiger partial charge in [-0.1, -0.05) is 53.5 Å². The number of nitrogens with one attached hydrogen (secondary N) is 1. The van der Waals surface area contributed by atoms with Crippen LogP contribution in [0.2, 0.25) is 10.0 Å². The Bertz CT molecular complexity index is 1550. The number of hydrogen-bond donors (Lipinski definition) is 1. The van der Waals surface area contributed by atoms with Crippen molar-refractivity contribution in [1.82, 2.24) is 10.2 Å². The van der Waals surface area contributed by atoms with E-state index in [1.165, 1.54) is 44.3 Å². The third kappa shape index (κ3) is 7.45. The monoisotopic (exact) mass is 677 g/mol. The van der Waals surface area contributed by atoms with Crippen LogP contribution in [-0.4, -0.2) is 53.0 Å². The van der Waals surface area contributed by atoms with E-state index in [9.17, 15) is 13.2 Å². The summed E-state index contributed by atoms with van der Waals surface area (Å²) in [7, 11) is 1.95. The SMILES string of the molecule is CN(C)C(c1ccccc1)C1CCC(NC(=O)COCc2c(N(C)S(=O)(=O)c3ccc(Cl)c(Cl)c3)sc3c2CCCC3)CC1. The summed E-state index contributed by atoms with van der Waals surface area (Å²) in [5.74, 6) is 0.403. The first kappa shape index (κ1) is 33.2. The van der Waals surface area contributed by atoms with Gasteiger partial charge in [-0.25, -0.2) is 8.42 Å². The molecule has 2 aliphatic carbocycles. The van der Waals surface area contributed by atoms with Crippen molar-refractivity contribution in [3.05, 3.63) is 80.1 Å². The largest absolute Gasteiger partial charge is 0.367 e. The lowest BCUT2D eigenvalue weighted by atomic mass is 9.78. The van der Waals surface area contributed by atoms with Crippen LogP contribution in [0.4, 0.5) is 5.00 Å². The van der Waals surface area contributed by atoms with E-state index in [0.29, 0.717) is 22.0 Å². The molecule has 0 bridgehead atoms. The van der Waals surface area contributed by atoms with Crippen molar-refractivity contribution in [3.63, 3.8) is 0 Å². The van der Waals surface area contributed by atoms with E-state index < -0.39 is 10.0 Å². The number of carbonyl (C=O) groups is 1. The highest BCUT2D eigenvalue weighted by molar-refractivity contribution is 7.93. The second kappa shape index (κ2) is 14.5. The van der Waals surface area contributed by atoms with Gasteiger partial charge in [0, 0.05) is 29.6 Å². The van der Waals surface area contributed by atoms with Gasteiger partial charge in [-0.2, -0.15) is 0 Å². The molecule has 5 rings (SSSR count). The molecule has 1 atom stereocenters. The van der Waals surface area contributed by atoms with Crippen molar-refractivity contribution in [2.75, 3.05) is 32.1 Å². The molecular weight excluding hydrogens is 637 g/mol. The summed E-state index contributed by atoms with van der Waals surface area (Å²) in [4.78, 5) is 16.5. The number of rotatable bonds is 11. The molecule has 3 aromatic rings. The van der Waals surface area contributed by atoms with E-state index in [1.807, 2.05) is 0 Å². The summed E-state index contributed by atoms with van der Waals surface area (Å²) in [6.45, 7) is 0.0989. The Morgan fingerprint density at radius 1 is 1.00 bits per heavy atom. The van der Waals surface area contributed by atoms with Gasteiger partial charge in [0.25, 0.3) is 10.0 Å². The number of carbonyl (C=O) groups excluding carboxylic acids is 1. The molecule has 238 valence electrons. The number of ether oxygens (including phenoxy) is 1. The number of nitrogens with zero attached hydrogens (tertiary/aromatic N) is 2. The molecular formula is C33H41Cl2N3O4S2. The molecule has 0 saturated heterocycles. The van der Waals surface area contributed by atoms with Crippen molar-refractivity contribution in [2.24, 2.45) is 5.92 Å². The van der Waals surface area contributed by atoms with Crippen LogP contribution in [0.5, 0.6) is 0 Å². The first-order valence-electron chi connectivity index (χ1n) is 15.2. The Kier molecular flexibility index (Phi) is 11.0. The third-order valence-electron chi connectivity index (χ3n) is 8.86. The van der Waals surface area contributed by atoms with Crippen LogP contribution in [0.3, 0.4) is 0 Å². The van der Waals surface area contributed by atoms with Crippen LogP contribution in [-0.2, 0) is 39.0 Å². The van der Waals surface area contributed by atoms with E-state index in [4.69, 9.17) is 27.9 Å². The van der Waals surface area contributed by atoms with Gasteiger partial charge in [0.1, 0.15) is 11.6 Å². The van der Waals surface area contributed by atoms with Crippen molar-refractivity contribution in [1.29, 1.82) is 0 Å². The topological polar surface area (TPSA) is 79.0 Å². The van der Waals surface area contributed by atoms with Crippen LogP contribution < -0.4 is 9.62 Å². The van der Waals surface area contributed by atoms with Gasteiger partial charge in [-0.15, -0.1) is 11.3 Å². The third-order valence-corrected chi connectivity index (χ3v) is 12.9. The summed E-state index contributed by atoms with van der Waals surface area (Å²) in [5, 5.41) is 4.28. The van der Waals surface area contributed by atoms with E-state index >= 15 is 0 Å². The number of anilines is 1.